The number of aromatic nitrogens is 1. The molecule has 0 amide bonds. The smallest absolute Gasteiger partial charge is 0.398 e. The van der Waals surface area contributed by atoms with E-state index in [1.54, 1.807) is 0 Å². The van der Waals surface area contributed by atoms with Crippen LogP contribution in [0, 0.1) is 0 Å². The summed E-state index contributed by atoms with van der Waals surface area (Å²) in [5, 5.41) is 0. The SMILES string of the molecule is Nc1cc(C(F)(F)F)ccc1S(=O)(=O)Cn1ccccc1=O. The van der Waals surface area contributed by atoms with Crippen molar-refractivity contribution < 1.29 is 21.6 Å². The molecule has 0 spiro atoms. The Morgan fingerprint density at radius 1 is 1.14 bits per heavy atom. The molecule has 0 aliphatic rings. The Bertz CT molecular complexity index is 857. The zero-order valence-electron chi connectivity index (χ0n) is 11.0. The van der Waals surface area contributed by atoms with Crippen LogP contribution in [0.2, 0.25) is 0 Å². The molecule has 0 fully saturated rings. The van der Waals surface area contributed by atoms with Gasteiger partial charge in [-0.25, -0.2) is 8.42 Å². The predicted molar refractivity (Wildman–Crippen MR) is 73.7 cm³/mol. The maximum absolute atomic E-state index is 12.5. The summed E-state index contributed by atoms with van der Waals surface area (Å²) in [5.41, 5.74) is 3.33. The van der Waals surface area contributed by atoms with E-state index in [9.17, 15) is 26.4 Å². The number of hydrogen-bond acceptors (Lipinski definition) is 4. The van der Waals surface area contributed by atoms with Gasteiger partial charge in [-0.2, -0.15) is 13.2 Å². The molecule has 118 valence electrons. The number of sulfone groups is 1. The number of hydrogen-bond donors (Lipinski definition) is 1. The van der Waals surface area contributed by atoms with Gasteiger partial charge in [-0.3, -0.25) is 4.79 Å². The second kappa shape index (κ2) is 5.48. The van der Waals surface area contributed by atoms with E-state index in [0.717, 1.165) is 10.6 Å². The van der Waals surface area contributed by atoms with Gasteiger partial charge in [0.2, 0.25) is 0 Å². The van der Waals surface area contributed by atoms with Gasteiger partial charge in [-0.05, 0) is 24.3 Å². The highest BCUT2D eigenvalue weighted by Gasteiger charge is 2.32. The average molecular weight is 332 g/mol. The minimum absolute atomic E-state index is 0.448. The van der Waals surface area contributed by atoms with Crippen LogP contribution in [-0.4, -0.2) is 13.0 Å². The Labute approximate surface area is 123 Å². The molecule has 0 radical (unpaired) electrons. The van der Waals surface area contributed by atoms with Gasteiger partial charge in [0.25, 0.3) is 5.56 Å². The van der Waals surface area contributed by atoms with Crippen molar-refractivity contribution in [2.45, 2.75) is 16.9 Å². The van der Waals surface area contributed by atoms with Gasteiger partial charge in [0, 0.05) is 12.3 Å². The lowest BCUT2D eigenvalue weighted by molar-refractivity contribution is -0.137. The van der Waals surface area contributed by atoms with Crippen molar-refractivity contribution in [1.82, 2.24) is 4.57 Å². The fourth-order valence-electron chi connectivity index (χ4n) is 1.83. The van der Waals surface area contributed by atoms with Crippen molar-refractivity contribution in [2.75, 3.05) is 5.73 Å². The van der Waals surface area contributed by atoms with Gasteiger partial charge >= 0.3 is 6.18 Å². The van der Waals surface area contributed by atoms with E-state index in [2.05, 4.69) is 0 Å². The maximum atomic E-state index is 12.5. The van der Waals surface area contributed by atoms with Crippen molar-refractivity contribution in [3.05, 3.63) is 58.5 Å². The predicted octanol–water partition coefficient (Wildman–Crippen LogP) is 1.88. The van der Waals surface area contributed by atoms with Gasteiger partial charge in [0.05, 0.1) is 16.1 Å². The van der Waals surface area contributed by atoms with Gasteiger partial charge in [-0.15, -0.1) is 0 Å². The standard InChI is InChI=1S/C13H11F3N2O3S/c14-13(15,16)9-4-5-11(10(17)7-9)22(20,21)8-18-6-2-1-3-12(18)19/h1-7H,8,17H2. The first-order valence-corrected chi connectivity index (χ1v) is 7.61. The van der Waals surface area contributed by atoms with Crippen molar-refractivity contribution >= 4 is 15.5 Å². The third kappa shape index (κ3) is 3.30. The highest BCUT2D eigenvalue weighted by molar-refractivity contribution is 7.90. The number of nitrogens with two attached hydrogens (primary N) is 1. The van der Waals surface area contributed by atoms with Crippen LogP contribution in [0.3, 0.4) is 0 Å². The van der Waals surface area contributed by atoms with E-state index in [1.807, 2.05) is 0 Å². The van der Waals surface area contributed by atoms with E-state index in [4.69, 9.17) is 5.73 Å². The molecular weight excluding hydrogens is 321 g/mol. The summed E-state index contributed by atoms with van der Waals surface area (Å²) in [4.78, 5) is 11.1. The second-order valence-corrected chi connectivity index (χ2v) is 6.43. The van der Waals surface area contributed by atoms with E-state index >= 15 is 0 Å². The first kappa shape index (κ1) is 16.1. The molecule has 0 atom stereocenters. The Kier molecular flexibility index (Phi) is 4.01. The average Bonchev–Trinajstić information content (AvgIpc) is 2.40. The lowest BCUT2D eigenvalue weighted by atomic mass is 10.2. The molecule has 9 heteroatoms. The fourth-order valence-corrected chi connectivity index (χ4v) is 3.24. The van der Waals surface area contributed by atoms with Crippen LogP contribution in [0.15, 0.2) is 52.3 Å². The van der Waals surface area contributed by atoms with Crippen LogP contribution in [0.4, 0.5) is 18.9 Å². The van der Waals surface area contributed by atoms with Gasteiger partial charge < -0.3 is 10.3 Å². The number of alkyl halides is 3. The molecule has 1 aromatic carbocycles. The summed E-state index contributed by atoms with van der Waals surface area (Å²) in [6.45, 7) is 0. The van der Waals surface area contributed by atoms with Crippen LogP contribution in [0.1, 0.15) is 5.56 Å². The summed E-state index contributed by atoms with van der Waals surface area (Å²) in [6.07, 6.45) is -3.35. The molecule has 2 rings (SSSR count). The van der Waals surface area contributed by atoms with Crippen molar-refractivity contribution in [1.29, 1.82) is 0 Å². The Morgan fingerprint density at radius 2 is 1.82 bits per heavy atom. The molecule has 0 aliphatic carbocycles. The molecule has 1 aromatic heterocycles. The lowest BCUT2D eigenvalue weighted by Crippen LogP contribution is -2.23. The van der Waals surface area contributed by atoms with Crippen molar-refractivity contribution in [2.24, 2.45) is 0 Å². The number of rotatable bonds is 3. The minimum Gasteiger partial charge on any atom is -0.398 e. The minimum atomic E-state index is -4.62. The molecular formula is C13H11F3N2O3S. The molecule has 2 aromatic rings. The van der Waals surface area contributed by atoms with E-state index in [1.165, 1.54) is 24.4 Å². The summed E-state index contributed by atoms with van der Waals surface area (Å²) in [5.74, 6) is -0.706. The highest BCUT2D eigenvalue weighted by Crippen LogP contribution is 2.32. The number of nitrogens with zero attached hydrogens (tertiary/aromatic N) is 1. The number of benzene rings is 1. The molecule has 22 heavy (non-hydrogen) atoms. The Morgan fingerprint density at radius 3 is 2.36 bits per heavy atom. The normalized spacial score (nSPS) is 12.3. The number of anilines is 1. The van der Waals surface area contributed by atoms with E-state index in [-0.39, 0.29) is 0 Å². The van der Waals surface area contributed by atoms with E-state index < -0.39 is 43.6 Å². The van der Waals surface area contributed by atoms with Crippen LogP contribution in [0.5, 0.6) is 0 Å². The van der Waals surface area contributed by atoms with Gasteiger partial charge in [0.15, 0.2) is 9.84 Å². The molecule has 0 aliphatic heterocycles. The fraction of sp³-hybridized carbons (Fsp3) is 0.154. The molecule has 0 unspecified atom stereocenters. The molecule has 0 saturated carbocycles. The van der Waals surface area contributed by atoms with Crippen LogP contribution >= 0.6 is 0 Å². The Balaban J connectivity index is 2.43. The van der Waals surface area contributed by atoms with Gasteiger partial charge in [0.1, 0.15) is 5.88 Å². The second-order valence-electron chi connectivity index (χ2n) is 4.50. The quantitative estimate of drug-likeness (QED) is 0.870. The first-order valence-electron chi connectivity index (χ1n) is 5.96. The third-order valence-corrected chi connectivity index (χ3v) is 4.54. The molecule has 0 bridgehead atoms. The summed E-state index contributed by atoms with van der Waals surface area (Å²) in [6, 6.07) is 6.07. The van der Waals surface area contributed by atoms with Crippen molar-refractivity contribution in [3.8, 4) is 0 Å². The lowest BCUT2D eigenvalue weighted by Gasteiger charge is -2.12. The van der Waals surface area contributed by atoms with Gasteiger partial charge in [-0.1, -0.05) is 6.07 Å². The molecule has 5 nitrogen and oxygen atoms in total. The number of pyridine rings is 1. The van der Waals surface area contributed by atoms with Crippen LogP contribution in [0.25, 0.3) is 0 Å². The zero-order chi connectivity index (χ0) is 16.5. The number of halogens is 3. The Hall–Kier alpha value is -2.29. The zero-order valence-corrected chi connectivity index (χ0v) is 11.9. The monoisotopic (exact) mass is 332 g/mol. The number of nitrogen functional groups attached to an aromatic ring is 1. The third-order valence-electron chi connectivity index (χ3n) is 2.88. The first-order chi connectivity index (χ1) is 10.1. The topological polar surface area (TPSA) is 82.2 Å². The summed E-state index contributed by atoms with van der Waals surface area (Å²) in [7, 11) is -4.06. The van der Waals surface area contributed by atoms with Crippen LogP contribution < -0.4 is 11.3 Å². The van der Waals surface area contributed by atoms with E-state index in [0.29, 0.717) is 12.1 Å². The molecule has 1 heterocycles. The largest absolute Gasteiger partial charge is 0.416 e. The maximum Gasteiger partial charge on any atom is 0.416 e. The van der Waals surface area contributed by atoms with Crippen LogP contribution in [-0.2, 0) is 21.9 Å². The summed E-state index contributed by atoms with van der Waals surface area (Å²) < 4.78 is 63.0. The van der Waals surface area contributed by atoms with Crippen molar-refractivity contribution in [3.63, 3.8) is 0 Å². The highest BCUT2D eigenvalue weighted by atomic mass is 32.2. The summed E-state index contributed by atoms with van der Waals surface area (Å²) >= 11 is 0. The molecule has 2 N–H and O–H groups in total. The molecule has 0 saturated heterocycles.